The van der Waals surface area contributed by atoms with Crippen LogP contribution in [0.25, 0.3) is 0 Å². The van der Waals surface area contributed by atoms with Gasteiger partial charge >= 0.3 is 0 Å². The summed E-state index contributed by atoms with van der Waals surface area (Å²) < 4.78 is 7.55. The maximum Gasteiger partial charge on any atom is 0.194 e. The van der Waals surface area contributed by atoms with Gasteiger partial charge < -0.3 is 15.0 Å². The minimum atomic E-state index is 0.415. The fourth-order valence-corrected chi connectivity index (χ4v) is 2.60. The number of nitrogens with one attached hydrogen (secondary N) is 1. The minimum Gasteiger partial charge on any atom is -0.380 e. The van der Waals surface area contributed by atoms with Crippen molar-refractivity contribution in [2.24, 2.45) is 18.0 Å². The molecule has 1 N–H and O–H groups in total. The topological polar surface area (TPSA) is 54.7 Å². The molecule has 0 aliphatic rings. The molecule has 0 unspecified atom stereocenters. The molecule has 144 valence electrons. The Bertz CT molecular complexity index is 522. The third kappa shape index (κ3) is 7.90. The average Bonchev–Trinajstić information content (AvgIpc) is 2.89. The van der Waals surface area contributed by atoms with Crippen molar-refractivity contribution in [2.75, 3.05) is 33.4 Å². The molecule has 0 radical (unpaired) electrons. The molecule has 0 saturated carbocycles. The molecule has 1 aromatic rings. The van der Waals surface area contributed by atoms with Crippen LogP contribution in [0, 0.1) is 5.92 Å². The van der Waals surface area contributed by atoms with E-state index in [-0.39, 0.29) is 0 Å². The lowest BCUT2D eigenvalue weighted by molar-refractivity contribution is 0.130. The van der Waals surface area contributed by atoms with Crippen LogP contribution >= 0.6 is 0 Å². The first-order valence-electron chi connectivity index (χ1n) is 9.44. The van der Waals surface area contributed by atoms with E-state index in [4.69, 9.17) is 4.74 Å². The minimum absolute atomic E-state index is 0.415. The standard InChI is InChI=1S/C19H37N5O/c1-8-20-19(21-10-12-25-11-9-15(2)3)23(6)13-17-14-24(7)22-18(17)16(4)5/h14-16H,8-13H2,1-7H3,(H,20,21). The van der Waals surface area contributed by atoms with Crippen LogP contribution in [0.5, 0.6) is 0 Å². The zero-order valence-electron chi connectivity index (χ0n) is 17.2. The van der Waals surface area contributed by atoms with Crippen molar-refractivity contribution in [3.63, 3.8) is 0 Å². The molecule has 0 saturated heterocycles. The Kier molecular flexibility index (Phi) is 9.57. The average molecular weight is 352 g/mol. The van der Waals surface area contributed by atoms with Crippen LogP contribution < -0.4 is 5.32 Å². The normalized spacial score (nSPS) is 12.3. The SMILES string of the molecule is CCNC(=NCCOCCC(C)C)N(C)Cc1cn(C)nc1C(C)C. The van der Waals surface area contributed by atoms with E-state index in [0.29, 0.717) is 25.0 Å². The highest BCUT2D eigenvalue weighted by Gasteiger charge is 2.15. The van der Waals surface area contributed by atoms with Crippen LogP contribution in [0.2, 0.25) is 0 Å². The van der Waals surface area contributed by atoms with Crippen molar-refractivity contribution in [2.45, 2.75) is 53.5 Å². The van der Waals surface area contributed by atoms with E-state index in [2.05, 4.69) is 68.2 Å². The zero-order valence-corrected chi connectivity index (χ0v) is 17.2. The molecule has 6 nitrogen and oxygen atoms in total. The maximum atomic E-state index is 5.66. The van der Waals surface area contributed by atoms with Gasteiger partial charge in [-0.25, -0.2) is 0 Å². The van der Waals surface area contributed by atoms with Gasteiger partial charge in [0.15, 0.2) is 5.96 Å². The number of hydrogen-bond donors (Lipinski definition) is 1. The zero-order chi connectivity index (χ0) is 18.8. The van der Waals surface area contributed by atoms with Gasteiger partial charge in [-0.1, -0.05) is 27.7 Å². The van der Waals surface area contributed by atoms with Gasteiger partial charge in [-0.2, -0.15) is 5.10 Å². The van der Waals surface area contributed by atoms with Crippen molar-refractivity contribution in [1.82, 2.24) is 20.0 Å². The molecule has 0 aromatic carbocycles. The van der Waals surface area contributed by atoms with Gasteiger partial charge in [-0.3, -0.25) is 9.67 Å². The first kappa shape index (κ1) is 21.5. The van der Waals surface area contributed by atoms with Gasteiger partial charge in [0, 0.05) is 45.6 Å². The van der Waals surface area contributed by atoms with Crippen molar-refractivity contribution >= 4 is 5.96 Å². The Morgan fingerprint density at radius 3 is 2.64 bits per heavy atom. The van der Waals surface area contributed by atoms with E-state index >= 15 is 0 Å². The molecule has 6 heteroatoms. The molecule has 1 aromatic heterocycles. The first-order valence-corrected chi connectivity index (χ1v) is 9.44. The van der Waals surface area contributed by atoms with E-state index in [1.807, 2.05) is 11.7 Å². The lowest BCUT2D eigenvalue weighted by Crippen LogP contribution is -2.38. The van der Waals surface area contributed by atoms with E-state index in [1.54, 1.807) is 0 Å². The summed E-state index contributed by atoms with van der Waals surface area (Å²) in [5.41, 5.74) is 2.40. The van der Waals surface area contributed by atoms with Gasteiger partial charge in [0.25, 0.3) is 0 Å². The molecular formula is C19H37N5O. The van der Waals surface area contributed by atoms with Crippen LogP contribution in [0.4, 0.5) is 0 Å². The van der Waals surface area contributed by atoms with E-state index < -0.39 is 0 Å². The van der Waals surface area contributed by atoms with E-state index in [0.717, 1.165) is 37.8 Å². The maximum absolute atomic E-state index is 5.66. The number of aromatic nitrogens is 2. The number of ether oxygens (including phenoxy) is 1. The second-order valence-corrected chi connectivity index (χ2v) is 7.25. The molecule has 0 spiro atoms. The monoisotopic (exact) mass is 351 g/mol. The Labute approximate surface area is 153 Å². The summed E-state index contributed by atoms with van der Waals surface area (Å²) in [6.07, 6.45) is 3.20. The number of aryl methyl sites for hydroxylation is 1. The van der Waals surface area contributed by atoms with Gasteiger partial charge in [-0.15, -0.1) is 0 Å². The molecule has 0 fully saturated rings. The van der Waals surface area contributed by atoms with Gasteiger partial charge in [0.2, 0.25) is 0 Å². The summed E-state index contributed by atoms with van der Waals surface area (Å²) in [5.74, 6) is 2.01. The highest BCUT2D eigenvalue weighted by atomic mass is 16.5. The second kappa shape index (κ2) is 11.1. The largest absolute Gasteiger partial charge is 0.380 e. The molecular weight excluding hydrogens is 314 g/mol. The summed E-state index contributed by atoms with van der Waals surface area (Å²) in [7, 11) is 4.04. The molecule has 1 heterocycles. The summed E-state index contributed by atoms with van der Waals surface area (Å²) >= 11 is 0. The highest BCUT2D eigenvalue weighted by molar-refractivity contribution is 5.79. The summed E-state index contributed by atoms with van der Waals surface area (Å²) in [6.45, 7) is 14.7. The molecule has 1 rings (SSSR count). The van der Waals surface area contributed by atoms with E-state index in [1.165, 1.54) is 5.56 Å². The summed E-state index contributed by atoms with van der Waals surface area (Å²) in [6, 6.07) is 0. The fourth-order valence-electron chi connectivity index (χ4n) is 2.60. The third-order valence-electron chi connectivity index (χ3n) is 3.92. The number of guanidine groups is 1. The van der Waals surface area contributed by atoms with Crippen molar-refractivity contribution in [3.05, 3.63) is 17.5 Å². The summed E-state index contributed by atoms with van der Waals surface area (Å²) in [4.78, 5) is 6.84. The number of rotatable bonds is 10. The molecule has 0 aliphatic heterocycles. The smallest absolute Gasteiger partial charge is 0.194 e. The second-order valence-electron chi connectivity index (χ2n) is 7.25. The number of hydrogen-bond acceptors (Lipinski definition) is 3. The van der Waals surface area contributed by atoms with Crippen LogP contribution in [0.1, 0.15) is 58.2 Å². The molecule has 0 bridgehead atoms. The predicted octanol–water partition coefficient (Wildman–Crippen LogP) is 3.00. The number of aliphatic imine (C=N–C) groups is 1. The van der Waals surface area contributed by atoms with Gasteiger partial charge in [0.1, 0.15) is 0 Å². The van der Waals surface area contributed by atoms with Crippen molar-refractivity contribution < 1.29 is 4.74 Å². The highest BCUT2D eigenvalue weighted by Crippen LogP contribution is 2.18. The van der Waals surface area contributed by atoms with Crippen molar-refractivity contribution in [1.29, 1.82) is 0 Å². The Morgan fingerprint density at radius 2 is 2.04 bits per heavy atom. The van der Waals surface area contributed by atoms with Crippen LogP contribution in [0.3, 0.4) is 0 Å². The Balaban J connectivity index is 2.60. The molecule has 25 heavy (non-hydrogen) atoms. The quantitative estimate of drug-likeness (QED) is 0.400. The van der Waals surface area contributed by atoms with Crippen LogP contribution in [0.15, 0.2) is 11.2 Å². The molecule has 0 atom stereocenters. The molecule has 0 amide bonds. The summed E-state index contributed by atoms with van der Waals surface area (Å²) in [5, 5.41) is 7.95. The van der Waals surface area contributed by atoms with Crippen molar-refractivity contribution in [3.8, 4) is 0 Å². The fraction of sp³-hybridized carbons (Fsp3) is 0.789. The third-order valence-corrected chi connectivity index (χ3v) is 3.92. The Morgan fingerprint density at radius 1 is 1.32 bits per heavy atom. The van der Waals surface area contributed by atoms with E-state index in [9.17, 15) is 0 Å². The predicted molar refractivity (Wildman–Crippen MR) is 105 cm³/mol. The van der Waals surface area contributed by atoms with Gasteiger partial charge in [0.05, 0.1) is 18.8 Å². The van der Waals surface area contributed by atoms with Gasteiger partial charge in [-0.05, 0) is 25.2 Å². The van der Waals surface area contributed by atoms with Crippen LogP contribution in [-0.2, 0) is 18.3 Å². The number of nitrogens with zero attached hydrogens (tertiary/aromatic N) is 4. The van der Waals surface area contributed by atoms with Crippen LogP contribution in [-0.4, -0.2) is 54.0 Å². The lowest BCUT2D eigenvalue weighted by Gasteiger charge is -2.22. The Hall–Kier alpha value is -1.56. The molecule has 0 aliphatic carbocycles. The first-order chi connectivity index (χ1) is 11.8. The lowest BCUT2D eigenvalue weighted by atomic mass is 10.1.